The van der Waals surface area contributed by atoms with Crippen LogP contribution >= 0.6 is 0 Å². The fraction of sp³-hybridized carbons (Fsp3) is 0.364. The molecule has 30 heavy (non-hydrogen) atoms. The highest BCUT2D eigenvalue weighted by Gasteiger charge is 2.18. The zero-order valence-electron chi connectivity index (χ0n) is 16.7. The Morgan fingerprint density at radius 3 is 2.33 bits per heavy atom. The van der Waals surface area contributed by atoms with Crippen molar-refractivity contribution in [1.82, 2.24) is 4.90 Å². The molecule has 0 radical (unpaired) electrons. The lowest BCUT2D eigenvalue weighted by Gasteiger charge is -2.26. The van der Waals surface area contributed by atoms with E-state index in [4.69, 9.17) is 9.47 Å². The number of piperidine rings is 1. The van der Waals surface area contributed by atoms with E-state index in [-0.39, 0.29) is 23.8 Å². The lowest BCUT2D eigenvalue weighted by Crippen LogP contribution is -2.38. The lowest BCUT2D eigenvalue weighted by atomic mass is 10.1. The Morgan fingerprint density at radius 1 is 0.967 bits per heavy atom. The van der Waals surface area contributed by atoms with Crippen molar-refractivity contribution in [2.75, 3.05) is 31.6 Å². The molecule has 2 amide bonds. The largest absolute Gasteiger partial charge is 0.490 e. The van der Waals surface area contributed by atoms with E-state index in [1.807, 2.05) is 0 Å². The van der Waals surface area contributed by atoms with Crippen LogP contribution in [0.4, 0.5) is 14.5 Å². The average Bonchev–Trinajstić information content (AvgIpc) is 2.72. The van der Waals surface area contributed by atoms with Crippen LogP contribution in [-0.4, -0.2) is 43.0 Å². The maximum absolute atomic E-state index is 13.3. The first kappa shape index (κ1) is 21.5. The van der Waals surface area contributed by atoms with Crippen molar-refractivity contribution in [2.24, 2.45) is 0 Å². The van der Waals surface area contributed by atoms with Gasteiger partial charge >= 0.3 is 0 Å². The summed E-state index contributed by atoms with van der Waals surface area (Å²) in [4.78, 5) is 26.6. The van der Waals surface area contributed by atoms with Crippen molar-refractivity contribution in [3.63, 3.8) is 0 Å². The Labute approximate surface area is 173 Å². The van der Waals surface area contributed by atoms with Crippen LogP contribution in [0.3, 0.4) is 0 Å². The van der Waals surface area contributed by atoms with Crippen molar-refractivity contribution in [3.8, 4) is 11.5 Å². The second-order valence-electron chi connectivity index (χ2n) is 6.94. The second kappa shape index (κ2) is 10.0. The number of carbonyl (C=O) groups is 2. The van der Waals surface area contributed by atoms with E-state index in [1.165, 1.54) is 18.2 Å². The number of hydrogen-bond donors (Lipinski definition) is 1. The Hall–Kier alpha value is -3.16. The van der Waals surface area contributed by atoms with Gasteiger partial charge in [0.2, 0.25) is 0 Å². The molecule has 2 aromatic carbocycles. The van der Waals surface area contributed by atoms with Crippen molar-refractivity contribution in [3.05, 3.63) is 53.6 Å². The fourth-order valence-corrected chi connectivity index (χ4v) is 3.24. The summed E-state index contributed by atoms with van der Waals surface area (Å²) >= 11 is 0. The van der Waals surface area contributed by atoms with E-state index in [0.717, 1.165) is 50.6 Å². The second-order valence-corrected chi connectivity index (χ2v) is 6.94. The van der Waals surface area contributed by atoms with Crippen molar-refractivity contribution in [1.29, 1.82) is 0 Å². The summed E-state index contributed by atoms with van der Waals surface area (Å²) in [6, 6.07) is 7.27. The number of hydrogen-bond acceptors (Lipinski definition) is 4. The summed E-state index contributed by atoms with van der Waals surface area (Å²) in [7, 11) is 0. The van der Waals surface area contributed by atoms with E-state index >= 15 is 0 Å². The number of ether oxygens (including phenoxy) is 2. The topological polar surface area (TPSA) is 67.9 Å². The Morgan fingerprint density at radius 2 is 1.67 bits per heavy atom. The molecule has 1 fully saturated rings. The molecule has 1 saturated heterocycles. The molecule has 0 unspecified atom stereocenters. The number of carbonyl (C=O) groups excluding carboxylic acids is 2. The average molecular weight is 418 g/mol. The third-order valence-corrected chi connectivity index (χ3v) is 4.69. The van der Waals surface area contributed by atoms with Crippen molar-refractivity contribution in [2.45, 2.75) is 26.2 Å². The Bertz CT molecular complexity index is 894. The van der Waals surface area contributed by atoms with Gasteiger partial charge in [0.1, 0.15) is 11.6 Å². The van der Waals surface area contributed by atoms with E-state index in [1.54, 1.807) is 11.8 Å². The molecular formula is C22H24F2N2O4. The molecule has 3 rings (SSSR count). The minimum atomic E-state index is -0.789. The minimum Gasteiger partial charge on any atom is -0.490 e. The smallest absolute Gasteiger partial charge is 0.260 e. The predicted octanol–water partition coefficient (Wildman–Crippen LogP) is 4.01. The van der Waals surface area contributed by atoms with Gasteiger partial charge in [-0.25, -0.2) is 8.78 Å². The molecule has 6 nitrogen and oxygen atoms in total. The van der Waals surface area contributed by atoms with Crippen LogP contribution in [-0.2, 0) is 4.79 Å². The van der Waals surface area contributed by atoms with Crippen molar-refractivity contribution < 1.29 is 27.8 Å². The van der Waals surface area contributed by atoms with Crippen LogP contribution in [0.1, 0.15) is 36.5 Å². The molecule has 0 aromatic heterocycles. The van der Waals surface area contributed by atoms with Gasteiger partial charge in [-0.3, -0.25) is 9.59 Å². The van der Waals surface area contributed by atoms with Gasteiger partial charge in [0, 0.05) is 30.4 Å². The highest BCUT2D eigenvalue weighted by Crippen LogP contribution is 2.29. The summed E-state index contributed by atoms with van der Waals surface area (Å²) in [5.41, 5.74) is 0.223. The molecular weight excluding hydrogens is 394 g/mol. The SMILES string of the molecule is CCOc1cc(C(=O)Nc2cc(F)cc(F)c2)ccc1OCC(=O)N1CCCCC1. The maximum Gasteiger partial charge on any atom is 0.260 e. The first-order valence-electron chi connectivity index (χ1n) is 9.91. The summed E-state index contributed by atoms with van der Waals surface area (Å²) in [6.45, 7) is 3.47. The van der Waals surface area contributed by atoms with Crippen molar-refractivity contribution >= 4 is 17.5 Å². The number of amides is 2. The lowest BCUT2D eigenvalue weighted by molar-refractivity contribution is -0.134. The molecule has 160 valence electrons. The Balaban J connectivity index is 1.69. The fourth-order valence-electron chi connectivity index (χ4n) is 3.24. The van der Waals surface area contributed by atoms with Gasteiger partial charge in [-0.1, -0.05) is 0 Å². The third kappa shape index (κ3) is 5.68. The molecule has 8 heteroatoms. The number of nitrogens with one attached hydrogen (secondary N) is 1. The molecule has 2 aromatic rings. The molecule has 0 aliphatic carbocycles. The van der Waals surface area contributed by atoms with Gasteiger partial charge < -0.3 is 19.7 Å². The van der Waals surface area contributed by atoms with Crippen LogP contribution in [0.25, 0.3) is 0 Å². The molecule has 1 aliphatic rings. The predicted molar refractivity (Wildman–Crippen MR) is 108 cm³/mol. The summed E-state index contributed by atoms with van der Waals surface area (Å²) in [6.07, 6.45) is 3.12. The standard InChI is InChI=1S/C22H24F2N2O4/c1-2-29-20-10-15(22(28)25-18-12-16(23)11-17(24)13-18)6-7-19(20)30-14-21(27)26-8-4-3-5-9-26/h6-7,10-13H,2-5,8-9,14H2,1H3,(H,25,28). The summed E-state index contributed by atoms with van der Waals surface area (Å²) in [5, 5.41) is 2.45. The van der Waals surface area contributed by atoms with Crippen LogP contribution in [0.5, 0.6) is 11.5 Å². The summed E-state index contributed by atoms with van der Waals surface area (Å²) < 4.78 is 37.8. The molecule has 0 atom stereocenters. The maximum atomic E-state index is 13.3. The van der Waals surface area contributed by atoms with E-state index in [0.29, 0.717) is 18.1 Å². The molecule has 1 N–H and O–H groups in total. The number of benzene rings is 2. The summed E-state index contributed by atoms with van der Waals surface area (Å²) in [5.74, 6) is -1.58. The monoisotopic (exact) mass is 418 g/mol. The zero-order chi connectivity index (χ0) is 21.5. The van der Waals surface area contributed by atoms with E-state index < -0.39 is 17.5 Å². The van der Waals surface area contributed by atoms with Crippen LogP contribution < -0.4 is 14.8 Å². The Kier molecular flexibility index (Phi) is 7.21. The number of anilines is 1. The first-order chi connectivity index (χ1) is 14.5. The number of halogens is 2. The van der Waals surface area contributed by atoms with Gasteiger partial charge in [-0.15, -0.1) is 0 Å². The number of nitrogens with zero attached hydrogens (tertiary/aromatic N) is 1. The molecule has 1 heterocycles. The third-order valence-electron chi connectivity index (χ3n) is 4.69. The number of likely N-dealkylation sites (tertiary alicyclic amines) is 1. The van der Waals surface area contributed by atoms with E-state index in [9.17, 15) is 18.4 Å². The van der Waals surface area contributed by atoms with E-state index in [2.05, 4.69) is 5.32 Å². The van der Waals surface area contributed by atoms with Gasteiger partial charge in [-0.2, -0.15) is 0 Å². The quantitative estimate of drug-likeness (QED) is 0.738. The van der Waals surface area contributed by atoms with Gasteiger partial charge in [0.05, 0.1) is 6.61 Å². The highest BCUT2D eigenvalue weighted by atomic mass is 19.1. The van der Waals surface area contributed by atoms with Crippen LogP contribution in [0.2, 0.25) is 0 Å². The first-order valence-corrected chi connectivity index (χ1v) is 9.91. The van der Waals surface area contributed by atoms with Gasteiger partial charge in [0.15, 0.2) is 18.1 Å². The zero-order valence-corrected chi connectivity index (χ0v) is 16.7. The molecule has 0 saturated carbocycles. The van der Waals surface area contributed by atoms with Gasteiger partial charge in [-0.05, 0) is 56.5 Å². The van der Waals surface area contributed by atoms with Crippen LogP contribution in [0, 0.1) is 11.6 Å². The number of rotatable bonds is 7. The highest BCUT2D eigenvalue weighted by molar-refractivity contribution is 6.04. The molecule has 0 spiro atoms. The van der Waals surface area contributed by atoms with Gasteiger partial charge in [0.25, 0.3) is 11.8 Å². The molecule has 0 bridgehead atoms. The molecule has 1 aliphatic heterocycles. The minimum absolute atomic E-state index is 0.00270. The van der Waals surface area contributed by atoms with Crippen LogP contribution in [0.15, 0.2) is 36.4 Å². The normalized spacial score (nSPS) is 13.6.